The molecule has 4 saturated heterocycles. The number of carbonyl (C=O) groups excluding carboxylic acids is 1. The smallest absolute Gasteiger partial charge is 0.272 e. The van der Waals surface area contributed by atoms with E-state index in [0.29, 0.717) is 36.7 Å². The van der Waals surface area contributed by atoms with Crippen LogP contribution in [0.4, 0.5) is 0 Å². The minimum absolute atomic E-state index is 0.00466. The lowest BCUT2D eigenvalue weighted by atomic mass is 9.95. The van der Waals surface area contributed by atoms with Crippen LogP contribution in [0.1, 0.15) is 77.5 Å². The van der Waals surface area contributed by atoms with Crippen LogP contribution in [0, 0.1) is 25.7 Å². The van der Waals surface area contributed by atoms with Gasteiger partial charge in [-0.1, -0.05) is 29.8 Å². The van der Waals surface area contributed by atoms with Crippen LogP contribution < -0.4 is 0 Å². The van der Waals surface area contributed by atoms with E-state index in [0.717, 1.165) is 82.4 Å². The second-order valence-corrected chi connectivity index (χ2v) is 15.0. The van der Waals surface area contributed by atoms with Gasteiger partial charge in [-0.2, -0.15) is 0 Å². The Kier molecular flexibility index (Phi) is 8.69. The molecule has 4 aliphatic heterocycles. The molecule has 1 amide bonds. The van der Waals surface area contributed by atoms with Gasteiger partial charge >= 0.3 is 0 Å². The molecule has 0 N–H and O–H groups in total. The van der Waals surface area contributed by atoms with Crippen molar-refractivity contribution in [3.8, 4) is 0 Å². The van der Waals surface area contributed by atoms with Crippen LogP contribution in [0.15, 0.2) is 30.6 Å². The zero-order chi connectivity index (χ0) is 29.4. The fourth-order valence-corrected chi connectivity index (χ4v) is 8.45. The molecule has 2 aromatic rings. The summed E-state index contributed by atoms with van der Waals surface area (Å²) in [5.41, 5.74) is 4.87. The summed E-state index contributed by atoms with van der Waals surface area (Å²) in [4.78, 5) is 27.0. The van der Waals surface area contributed by atoms with Crippen molar-refractivity contribution < 1.29 is 17.9 Å². The highest BCUT2D eigenvalue weighted by Crippen LogP contribution is 2.36. The molecule has 4 aliphatic rings. The molecule has 1 aromatic heterocycles. The van der Waals surface area contributed by atoms with E-state index in [-0.39, 0.29) is 18.1 Å². The topological polar surface area (TPSA) is 95.9 Å². The third kappa shape index (κ3) is 6.42. The Bertz CT molecular complexity index is 1360. The summed E-state index contributed by atoms with van der Waals surface area (Å²) in [6.07, 6.45) is 10.0. The predicted molar refractivity (Wildman–Crippen MR) is 162 cm³/mol. The van der Waals surface area contributed by atoms with Crippen molar-refractivity contribution in [3.05, 3.63) is 58.7 Å². The molecular formula is C32H45N5O4S. The number of benzene rings is 1. The number of rotatable bonds is 7. The normalized spacial score (nSPS) is 27.8. The molecule has 0 saturated carbocycles. The van der Waals surface area contributed by atoms with Gasteiger partial charge in [0.15, 0.2) is 0 Å². The van der Waals surface area contributed by atoms with Crippen molar-refractivity contribution >= 4 is 15.9 Å². The molecule has 4 atom stereocenters. The molecule has 0 radical (unpaired) electrons. The van der Waals surface area contributed by atoms with Crippen LogP contribution >= 0.6 is 0 Å². The molecule has 0 bridgehead atoms. The first kappa shape index (κ1) is 29.7. The number of amides is 1. The summed E-state index contributed by atoms with van der Waals surface area (Å²) in [6.45, 7) is 8.74. The highest BCUT2D eigenvalue weighted by molar-refractivity contribution is 7.88. The number of fused-ring (bicyclic) bond motifs is 1. The van der Waals surface area contributed by atoms with Gasteiger partial charge in [0.1, 0.15) is 12.0 Å². The van der Waals surface area contributed by atoms with Crippen molar-refractivity contribution in [2.75, 3.05) is 45.5 Å². The summed E-state index contributed by atoms with van der Waals surface area (Å²) < 4.78 is 32.0. The van der Waals surface area contributed by atoms with Crippen molar-refractivity contribution in [3.63, 3.8) is 0 Å². The van der Waals surface area contributed by atoms with Crippen LogP contribution in [-0.2, 0) is 21.2 Å². The molecule has 0 aliphatic carbocycles. The van der Waals surface area contributed by atoms with E-state index in [9.17, 15) is 13.2 Å². The lowest BCUT2D eigenvalue weighted by Gasteiger charge is -2.37. The Morgan fingerprint density at radius 3 is 2.31 bits per heavy atom. The van der Waals surface area contributed by atoms with Crippen LogP contribution in [-0.4, -0.2) is 96.1 Å². The third-order valence-corrected chi connectivity index (χ3v) is 11.3. The zero-order valence-corrected chi connectivity index (χ0v) is 26.1. The summed E-state index contributed by atoms with van der Waals surface area (Å²) in [6, 6.07) is 9.12. The van der Waals surface area contributed by atoms with Crippen LogP contribution in [0.3, 0.4) is 0 Å². The van der Waals surface area contributed by atoms with Gasteiger partial charge in [0.25, 0.3) is 5.91 Å². The van der Waals surface area contributed by atoms with E-state index in [2.05, 4.69) is 46.1 Å². The number of aromatic nitrogens is 2. The van der Waals surface area contributed by atoms with Gasteiger partial charge in [0.05, 0.1) is 18.5 Å². The lowest BCUT2D eigenvalue weighted by molar-refractivity contribution is -0.0547. The Balaban J connectivity index is 1.00. The van der Waals surface area contributed by atoms with E-state index in [1.165, 1.54) is 17.4 Å². The van der Waals surface area contributed by atoms with Gasteiger partial charge in [-0.3, -0.25) is 9.69 Å². The van der Waals surface area contributed by atoms with Crippen molar-refractivity contribution in [1.29, 1.82) is 0 Å². The first-order valence-electron chi connectivity index (χ1n) is 15.7. The fraction of sp³-hybridized carbons (Fsp3) is 0.656. The Labute approximate surface area is 250 Å². The molecule has 5 heterocycles. The first-order valence-corrected chi connectivity index (χ1v) is 17.5. The number of sulfonamides is 1. The second kappa shape index (κ2) is 12.3. The summed E-state index contributed by atoms with van der Waals surface area (Å²) in [5.74, 6) is 0.855. The molecule has 4 fully saturated rings. The van der Waals surface area contributed by atoms with E-state index in [1.807, 2.05) is 11.8 Å². The number of carbonyl (C=O) groups is 1. The van der Waals surface area contributed by atoms with E-state index >= 15 is 0 Å². The van der Waals surface area contributed by atoms with Crippen LogP contribution in [0.25, 0.3) is 0 Å². The molecule has 42 heavy (non-hydrogen) atoms. The van der Waals surface area contributed by atoms with E-state index in [4.69, 9.17) is 4.74 Å². The maximum Gasteiger partial charge on any atom is 0.272 e. The quantitative estimate of drug-likeness (QED) is 0.481. The Morgan fingerprint density at radius 1 is 0.952 bits per heavy atom. The number of nitrogens with zero attached hydrogens (tertiary/aromatic N) is 5. The monoisotopic (exact) mass is 595 g/mol. The van der Waals surface area contributed by atoms with E-state index in [1.54, 1.807) is 10.6 Å². The number of hydrogen-bond donors (Lipinski definition) is 0. The number of likely N-dealkylation sites (tertiary alicyclic amines) is 2. The van der Waals surface area contributed by atoms with Gasteiger partial charge in [-0.05, 0) is 76.2 Å². The third-order valence-electron chi connectivity index (χ3n) is 10.1. The zero-order valence-electron chi connectivity index (χ0n) is 25.2. The lowest BCUT2D eigenvalue weighted by Crippen LogP contribution is -2.47. The molecule has 2 unspecified atom stereocenters. The minimum atomic E-state index is -3.11. The van der Waals surface area contributed by atoms with Crippen molar-refractivity contribution in [1.82, 2.24) is 24.1 Å². The molecule has 1 aromatic carbocycles. The number of aryl methyl sites for hydroxylation is 2. The Morgan fingerprint density at radius 2 is 1.64 bits per heavy atom. The molecule has 228 valence electrons. The number of piperidine rings is 1. The standard InChI is InChI=1S/C32H45N5O4S/c1-22-7-9-24(10-8-22)30-6-4-5-28(41-30)11-12-29-23(2)31(34-21-33-29)32(38)35-15-13-27(14-16-35)36-17-25-19-37(42(3,39)40)20-26(25)18-36/h7-10,21,25-28,30H,4-6,11-20H2,1-3H3/t25?,26?,28-,30+/m1/s1. The molecule has 6 rings (SSSR count). The van der Waals surface area contributed by atoms with Crippen LogP contribution in [0.2, 0.25) is 0 Å². The molecule has 0 spiro atoms. The Hall–Kier alpha value is -2.40. The largest absolute Gasteiger partial charge is 0.370 e. The minimum Gasteiger partial charge on any atom is -0.370 e. The second-order valence-electron chi connectivity index (χ2n) is 13.0. The fourth-order valence-electron chi connectivity index (χ4n) is 7.53. The summed E-state index contributed by atoms with van der Waals surface area (Å²) in [5, 5.41) is 0. The summed E-state index contributed by atoms with van der Waals surface area (Å²) in [7, 11) is -3.11. The van der Waals surface area contributed by atoms with Crippen LogP contribution in [0.5, 0.6) is 0 Å². The highest BCUT2D eigenvalue weighted by atomic mass is 32.2. The maximum absolute atomic E-state index is 13.6. The SMILES string of the molecule is Cc1ccc([C@@H]2CCC[C@H](CCc3ncnc(C(=O)N4CCC(N5CC6CN(S(C)(=O)=O)CC6C5)CC4)c3C)O2)cc1. The van der Waals surface area contributed by atoms with Gasteiger partial charge in [-0.25, -0.2) is 22.7 Å². The summed E-state index contributed by atoms with van der Waals surface area (Å²) >= 11 is 0. The van der Waals surface area contributed by atoms with Gasteiger partial charge < -0.3 is 9.64 Å². The molecular weight excluding hydrogens is 550 g/mol. The van der Waals surface area contributed by atoms with Crippen molar-refractivity contribution in [2.45, 2.75) is 77.0 Å². The average Bonchev–Trinajstić information content (AvgIpc) is 3.57. The van der Waals surface area contributed by atoms with Gasteiger partial charge in [0, 0.05) is 56.6 Å². The number of hydrogen-bond acceptors (Lipinski definition) is 7. The van der Waals surface area contributed by atoms with Crippen molar-refractivity contribution in [2.24, 2.45) is 11.8 Å². The molecule has 10 heteroatoms. The maximum atomic E-state index is 13.6. The van der Waals surface area contributed by atoms with Gasteiger partial charge in [-0.15, -0.1) is 0 Å². The van der Waals surface area contributed by atoms with Gasteiger partial charge in [0.2, 0.25) is 10.0 Å². The number of ether oxygens (including phenoxy) is 1. The predicted octanol–water partition coefficient (Wildman–Crippen LogP) is 3.76. The van der Waals surface area contributed by atoms with E-state index < -0.39 is 10.0 Å². The first-order chi connectivity index (χ1) is 20.2. The molecule has 9 nitrogen and oxygen atoms in total. The highest BCUT2D eigenvalue weighted by Gasteiger charge is 2.44. The average molecular weight is 596 g/mol.